The van der Waals surface area contributed by atoms with Gasteiger partial charge in [-0.25, -0.2) is 9.78 Å². The molecule has 0 bridgehead atoms. The lowest BCUT2D eigenvalue weighted by Gasteiger charge is -2.16. The average molecular weight is 344 g/mol. The molecule has 9 heteroatoms. The lowest BCUT2D eigenvalue weighted by molar-refractivity contribution is -0.0547. The van der Waals surface area contributed by atoms with E-state index in [2.05, 4.69) is 15.0 Å². The van der Waals surface area contributed by atoms with E-state index in [9.17, 15) is 20.1 Å². The summed E-state index contributed by atoms with van der Waals surface area (Å²) in [6.45, 7) is -0.471. The smallest absolute Gasteiger partial charge is 0.351 e. The molecule has 1 aliphatic heterocycles. The zero-order chi connectivity index (χ0) is 17.6. The van der Waals surface area contributed by atoms with E-state index < -0.39 is 36.8 Å². The number of hydrogen-bond acceptors (Lipinski definition) is 7. The van der Waals surface area contributed by atoms with E-state index >= 15 is 0 Å². The Morgan fingerprint density at radius 3 is 2.60 bits per heavy atom. The topological polar surface area (TPSA) is 133 Å². The van der Waals surface area contributed by atoms with Gasteiger partial charge >= 0.3 is 5.69 Å². The van der Waals surface area contributed by atoms with Gasteiger partial charge in [0.05, 0.1) is 6.61 Å². The monoisotopic (exact) mass is 344 g/mol. The van der Waals surface area contributed by atoms with Crippen LogP contribution in [0.25, 0.3) is 22.6 Å². The van der Waals surface area contributed by atoms with Gasteiger partial charge in [-0.05, 0) is 0 Å². The van der Waals surface area contributed by atoms with Gasteiger partial charge in [0.2, 0.25) is 0 Å². The highest BCUT2D eigenvalue weighted by Gasteiger charge is 2.43. The maximum atomic E-state index is 12.3. The number of aliphatic hydroxyl groups is 3. The first-order chi connectivity index (χ1) is 12.1. The molecular weight excluding hydrogens is 328 g/mol. The Morgan fingerprint density at radius 1 is 1.16 bits per heavy atom. The number of imidazole rings is 1. The molecule has 2 aromatic heterocycles. The summed E-state index contributed by atoms with van der Waals surface area (Å²) in [4.78, 5) is 23.6. The molecule has 1 fully saturated rings. The Kier molecular flexibility index (Phi) is 3.85. The molecule has 4 rings (SSSR count). The van der Waals surface area contributed by atoms with Gasteiger partial charge in [-0.1, -0.05) is 30.3 Å². The number of H-pyrrole nitrogens is 1. The van der Waals surface area contributed by atoms with Crippen LogP contribution in [0.15, 0.2) is 41.3 Å². The van der Waals surface area contributed by atoms with Crippen LogP contribution in [-0.4, -0.2) is 59.8 Å². The second-order valence-corrected chi connectivity index (χ2v) is 5.85. The second kappa shape index (κ2) is 6.05. The Bertz CT molecular complexity index is 954. The number of hydrogen-bond donors (Lipinski definition) is 4. The molecule has 0 spiro atoms. The van der Waals surface area contributed by atoms with Crippen LogP contribution in [0.1, 0.15) is 6.23 Å². The van der Waals surface area contributed by atoms with Gasteiger partial charge in [-0.3, -0.25) is 4.57 Å². The molecule has 1 aromatic carbocycles. The number of aromatic amines is 1. The highest BCUT2D eigenvalue weighted by Crippen LogP contribution is 2.28. The average Bonchev–Trinajstić information content (AvgIpc) is 3.16. The molecular formula is C16H16N4O5. The molecule has 25 heavy (non-hydrogen) atoms. The fraction of sp³-hybridized carbons (Fsp3) is 0.312. The first-order valence-electron chi connectivity index (χ1n) is 7.75. The van der Waals surface area contributed by atoms with Crippen LogP contribution in [0, 0.1) is 0 Å². The summed E-state index contributed by atoms with van der Waals surface area (Å²) in [6.07, 6.45) is -3.32. The highest BCUT2D eigenvalue weighted by atomic mass is 16.6. The van der Waals surface area contributed by atoms with E-state index in [1.807, 2.05) is 30.3 Å². The molecule has 0 radical (unpaired) electrons. The molecule has 0 aliphatic carbocycles. The van der Waals surface area contributed by atoms with Gasteiger partial charge in [0.25, 0.3) is 0 Å². The zero-order valence-electron chi connectivity index (χ0n) is 13.0. The summed E-state index contributed by atoms with van der Waals surface area (Å²) in [5.41, 5.74) is 0.893. The third-order valence-electron chi connectivity index (χ3n) is 4.24. The van der Waals surface area contributed by atoms with Crippen LogP contribution in [0.3, 0.4) is 0 Å². The van der Waals surface area contributed by atoms with Crippen molar-refractivity contribution < 1.29 is 20.1 Å². The molecule has 1 saturated heterocycles. The molecule has 130 valence electrons. The third-order valence-corrected chi connectivity index (χ3v) is 4.24. The Balaban J connectivity index is 1.76. The largest absolute Gasteiger partial charge is 0.394 e. The van der Waals surface area contributed by atoms with Crippen molar-refractivity contribution in [1.82, 2.24) is 19.5 Å². The summed E-state index contributed by atoms with van der Waals surface area (Å²) in [5, 5.41) is 29.1. The fourth-order valence-electron chi connectivity index (χ4n) is 2.92. The van der Waals surface area contributed by atoms with E-state index in [1.54, 1.807) is 0 Å². The second-order valence-electron chi connectivity index (χ2n) is 5.85. The predicted octanol–water partition coefficient (Wildman–Crippen LogP) is -0.602. The Morgan fingerprint density at radius 2 is 1.92 bits per heavy atom. The number of ether oxygens (including phenoxy) is 1. The number of aliphatic hydroxyl groups excluding tert-OH is 3. The standard InChI is InChI=1S/C16H16N4O5/c21-7-10-11(22)12(23)15(25-10)20-6-9-14(19-16(20)24)18-13(17-9)8-4-2-1-3-5-8/h1-6,10-12,15,21-23H,7H2,(H,17,18,19,24)/t10-,11-,12-,15-/m1/s1. The number of nitrogens with one attached hydrogen (secondary N) is 1. The van der Waals surface area contributed by atoms with Crippen LogP contribution < -0.4 is 5.69 Å². The van der Waals surface area contributed by atoms with E-state index in [-0.39, 0.29) is 5.65 Å². The van der Waals surface area contributed by atoms with Crippen molar-refractivity contribution in [2.24, 2.45) is 0 Å². The number of fused-ring (bicyclic) bond motifs is 1. The molecule has 0 unspecified atom stereocenters. The summed E-state index contributed by atoms with van der Waals surface area (Å²) in [5.74, 6) is 0.557. The summed E-state index contributed by atoms with van der Waals surface area (Å²) in [7, 11) is 0. The molecule has 4 N–H and O–H groups in total. The predicted molar refractivity (Wildman–Crippen MR) is 86.6 cm³/mol. The van der Waals surface area contributed by atoms with Crippen molar-refractivity contribution in [3.63, 3.8) is 0 Å². The lowest BCUT2D eigenvalue weighted by Crippen LogP contribution is -2.35. The van der Waals surface area contributed by atoms with Gasteiger partial charge in [0.15, 0.2) is 11.9 Å². The summed E-state index contributed by atoms with van der Waals surface area (Å²) in [6, 6.07) is 9.37. The molecule has 1 aliphatic rings. The van der Waals surface area contributed by atoms with Crippen molar-refractivity contribution in [3.05, 3.63) is 47.0 Å². The maximum absolute atomic E-state index is 12.3. The van der Waals surface area contributed by atoms with Crippen LogP contribution in [0.2, 0.25) is 0 Å². The van der Waals surface area contributed by atoms with Crippen molar-refractivity contribution in [2.75, 3.05) is 6.61 Å². The summed E-state index contributed by atoms with van der Waals surface area (Å²) < 4.78 is 6.46. The minimum atomic E-state index is -1.36. The van der Waals surface area contributed by atoms with E-state index in [0.29, 0.717) is 11.3 Å². The first-order valence-corrected chi connectivity index (χ1v) is 7.75. The quantitative estimate of drug-likeness (QED) is 0.498. The van der Waals surface area contributed by atoms with Gasteiger partial charge in [-0.2, -0.15) is 4.98 Å². The molecule has 0 amide bonds. The van der Waals surface area contributed by atoms with Gasteiger partial charge in [-0.15, -0.1) is 0 Å². The van der Waals surface area contributed by atoms with Crippen LogP contribution in [0.5, 0.6) is 0 Å². The molecule has 0 saturated carbocycles. The molecule has 3 aromatic rings. The van der Waals surface area contributed by atoms with E-state index in [0.717, 1.165) is 10.1 Å². The fourth-order valence-corrected chi connectivity index (χ4v) is 2.92. The molecule has 4 atom stereocenters. The summed E-state index contributed by atoms with van der Waals surface area (Å²) >= 11 is 0. The van der Waals surface area contributed by atoms with Crippen molar-refractivity contribution >= 4 is 11.2 Å². The minimum absolute atomic E-state index is 0.242. The maximum Gasteiger partial charge on any atom is 0.351 e. The SMILES string of the molecule is O=c1nc2nc(-c3ccccc3)[nH]c2cn1[C@@H]1O[C@H](CO)[C@@H](O)[C@H]1O. The lowest BCUT2D eigenvalue weighted by atomic mass is 10.1. The molecule has 9 nitrogen and oxygen atoms in total. The van der Waals surface area contributed by atoms with E-state index in [1.165, 1.54) is 6.20 Å². The highest BCUT2D eigenvalue weighted by molar-refractivity contribution is 5.74. The molecule has 3 heterocycles. The van der Waals surface area contributed by atoms with Crippen LogP contribution in [0.4, 0.5) is 0 Å². The van der Waals surface area contributed by atoms with Gasteiger partial charge < -0.3 is 25.0 Å². The van der Waals surface area contributed by atoms with E-state index in [4.69, 9.17) is 4.74 Å². The van der Waals surface area contributed by atoms with Crippen molar-refractivity contribution in [2.45, 2.75) is 24.5 Å². The minimum Gasteiger partial charge on any atom is -0.394 e. The van der Waals surface area contributed by atoms with Crippen LogP contribution in [-0.2, 0) is 4.74 Å². The number of benzene rings is 1. The normalized spacial score (nSPS) is 26.4. The van der Waals surface area contributed by atoms with Crippen molar-refractivity contribution in [1.29, 1.82) is 0 Å². The number of aromatic nitrogens is 4. The zero-order valence-corrected chi connectivity index (χ0v) is 13.0. The Labute approximate surface area is 141 Å². The third kappa shape index (κ3) is 2.63. The number of rotatable bonds is 3. The van der Waals surface area contributed by atoms with Gasteiger partial charge in [0, 0.05) is 11.8 Å². The first kappa shape index (κ1) is 15.9. The van der Waals surface area contributed by atoms with Crippen molar-refractivity contribution in [3.8, 4) is 11.4 Å². The van der Waals surface area contributed by atoms with Gasteiger partial charge in [0.1, 0.15) is 29.7 Å². The Hall–Kier alpha value is -2.59. The van der Waals surface area contributed by atoms with Crippen LogP contribution >= 0.6 is 0 Å². The number of nitrogens with zero attached hydrogens (tertiary/aromatic N) is 3.